The Bertz CT molecular complexity index is 930. The summed E-state index contributed by atoms with van der Waals surface area (Å²) >= 11 is 37.0. The molecule has 0 saturated carbocycles. The van der Waals surface area contributed by atoms with Gasteiger partial charge in [0, 0.05) is 23.3 Å². The summed E-state index contributed by atoms with van der Waals surface area (Å²) in [6, 6.07) is 10.2. The van der Waals surface area contributed by atoms with Crippen LogP contribution in [0.2, 0.25) is 30.1 Å². The molecule has 26 heavy (non-hydrogen) atoms. The molecule has 0 aliphatic heterocycles. The number of nitrogens with zero attached hydrogens (tertiary/aromatic N) is 1. The van der Waals surface area contributed by atoms with Crippen LogP contribution in [0.15, 0.2) is 36.4 Å². The van der Waals surface area contributed by atoms with Crippen molar-refractivity contribution in [3.8, 4) is 28.3 Å². The molecule has 8 heteroatoms. The molecule has 0 aliphatic carbocycles. The smallest absolute Gasteiger partial charge is 0.123 e. The first-order valence-electron chi connectivity index (χ1n) is 7.17. The van der Waals surface area contributed by atoms with Gasteiger partial charge in [0.15, 0.2) is 0 Å². The van der Waals surface area contributed by atoms with Crippen LogP contribution >= 0.6 is 69.6 Å². The SMILES string of the molecule is COc1cc(-c2ccc(Cl)c(Cl)c2Cl)nc(-c2ccc(Cl)c(Cl)c2Cl)c1. The quantitative estimate of drug-likeness (QED) is 0.361. The van der Waals surface area contributed by atoms with Gasteiger partial charge in [-0.1, -0.05) is 69.6 Å². The topological polar surface area (TPSA) is 22.1 Å². The Kier molecular flexibility index (Phi) is 6.13. The normalized spacial score (nSPS) is 10.9. The lowest BCUT2D eigenvalue weighted by molar-refractivity contribution is 0.414. The first-order valence-corrected chi connectivity index (χ1v) is 9.44. The molecule has 3 rings (SSSR count). The minimum atomic E-state index is 0.254. The third-order valence-corrected chi connectivity index (χ3v) is 6.24. The molecule has 0 N–H and O–H groups in total. The molecular formula is C18H9Cl6NO. The standard InChI is InChI=1S/C18H9Cl6NO/c1-26-8-6-13(9-2-4-11(19)17(23)15(9)21)25-14(7-8)10-3-5-12(20)18(24)16(10)22/h2-7H,1H3. The van der Waals surface area contributed by atoms with E-state index in [4.69, 9.17) is 74.3 Å². The predicted octanol–water partition coefficient (Wildman–Crippen LogP) is 8.34. The van der Waals surface area contributed by atoms with Gasteiger partial charge in [-0.05, 0) is 24.3 Å². The molecule has 0 radical (unpaired) electrons. The fourth-order valence-electron chi connectivity index (χ4n) is 2.35. The summed E-state index contributed by atoms with van der Waals surface area (Å²) in [5, 5.41) is 1.82. The highest BCUT2D eigenvalue weighted by Gasteiger charge is 2.17. The summed E-state index contributed by atoms with van der Waals surface area (Å²) in [5.74, 6) is 0.564. The zero-order valence-electron chi connectivity index (χ0n) is 13.1. The molecule has 3 aromatic rings. The molecule has 0 aliphatic rings. The van der Waals surface area contributed by atoms with E-state index in [0.717, 1.165) is 0 Å². The summed E-state index contributed by atoms with van der Waals surface area (Å²) in [6.07, 6.45) is 0. The van der Waals surface area contributed by atoms with E-state index in [1.807, 2.05) is 0 Å². The van der Waals surface area contributed by atoms with Gasteiger partial charge in [0.1, 0.15) is 5.75 Å². The average molecular weight is 468 g/mol. The van der Waals surface area contributed by atoms with Crippen LogP contribution < -0.4 is 4.74 Å². The van der Waals surface area contributed by atoms with Gasteiger partial charge >= 0.3 is 0 Å². The highest BCUT2D eigenvalue weighted by atomic mass is 35.5. The Morgan fingerprint density at radius 2 is 1.08 bits per heavy atom. The van der Waals surface area contributed by atoms with Crippen molar-refractivity contribution in [3.05, 3.63) is 66.5 Å². The Morgan fingerprint density at radius 1 is 0.654 bits per heavy atom. The Labute approximate surface area is 180 Å². The minimum Gasteiger partial charge on any atom is -0.497 e. The number of halogens is 6. The highest BCUT2D eigenvalue weighted by Crippen LogP contribution is 2.41. The van der Waals surface area contributed by atoms with Crippen LogP contribution in [0.3, 0.4) is 0 Å². The van der Waals surface area contributed by atoms with Gasteiger partial charge in [-0.25, -0.2) is 4.98 Å². The van der Waals surface area contributed by atoms with Crippen LogP contribution in [0.25, 0.3) is 22.5 Å². The van der Waals surface area contributed by atoms with Crippen molar-refractivity contribution in [1.29, 1.82) is 0 Å². The fraction of sp³-hybridized carbons (Fsp3) is 0.0556. The molecular weight excluding hydrogens is 459 g/mol. The monoisotopic (exact) mass is 465 g/mol. The maximum Gasteiger partial charge on any atom is 0.123 e. The molecule has 1 aromatic heterocycles. The van der Waals surface area contributed by atoms with E-state index in [2.05, 4.69) is 4.98 Å². The van der Waals surface area contributed by atoms with Gasteiger partial charge < -0.3 is 4.74 Å². The number of pyridine rings is 1. The van der Waals surface area contributed by atoms with Crippen molar-refractivity contribution in [2.24, 2.45) is 0 Å². The Balaban J connectivity index is 2.24. The Hall–Kier alpha value is -0.870. The second kappa shape index (κ2) is 8.02. The lowest BCUT2D eigenvalue weighted by Crippen LogP contribution is -1.94. The first kappa shape index (κ1) is 19.9. The summed E-state index contributed by atoms with van der Waals surface area (Å²) < 4.78 is 5.38. The van der Waals surface area contributed by atoms with E-state index in [9.17, 15) is 0 Å². The maximum atomic E-state index is 6.34. The van der Waals surface area contributed by atoms with E-state index in [1.54, 1.807) is 43.5 Å². The third kappa shape index (κ3) is 3.73. The number of ether oxygens (including phenoxy) is 1. The molecule has 2 nitrogen and oxygen atoms in total. The van der Waals surface area contributed by atoms with Crippen molar-refractivity contribution in [3.63, 3.8) is 0 Å². The van der Waals surface area contributed by atoms with Crippen LogP contribution in [-0.4, -0.2) is 12.1 Å². The van der Waals surface area contributed by atoms with Gasteiger partial charge in [-0.2, -0.15) is 0 Å². The van der Waals surface area contributed by atoms with Gasteiger partial charge in [-0.3, -0.25) is 0 Å². The molecule has 2 aromatic carbocycles. The second-order valence-corrected chi connectivity index (χ2v) is 7.55. The van der Waals surface area contributed by atoms with Crippen LogP contribution in [0.4, 0.5) is 0 Å². The van der Waals surface area contributed by atoms with Crippen LogP contribution in [0.1, 0.15) is 0 Å². The molecule has 134 valence electrons. The van der Waals surface area contributed by atoms with Crippen molar-refractivity contribution in [2.45, 2.75) is 0 Å². The largest absolute Gasteiger partial charge is 0.497 e. The van der Waals surface area contributed by atoms with Crippen molar-refractivity contribution < 1.29 is 4.74 Å². The summed E-state index contributed by atoms with van der Waals surface area (Å²) in [6.45, 7) is 0. The summed E-state index contributed by atoms with van der Waals surface area (Å²) in [5.41, 5.74) is 2.31. The third-order valence-electron chi connectivity index (χ3n) is 3.66. The van der Waals surface area contributed by atoms with Gasteiger partial charge in [0.05, 0.1) is 48.6 Å². The lowest BCUT2D eigenvalue weighted by Gasteiger charge is -2.13. The van der Waals surface area contributed by atoms with Gasteiger partial charge in [0.25, 0.3) is 0 Å². The van der Waals surface area contributed by atoms with Crippen LogP contribution in [0.5, 0.6) is 5.75 Å². The number of hydrogen-bond donors (Lipinski definition) is 0. The fourth-order valence-corrected chi connectivity index (χ4v) is 3.61. The van der Waals surface area contributed by atoms with E-state index in [-0.39, 0.29) is 10.0 Å². The van der Waals surface area contributed by atoms with Crippen molar-refractivity contribution >= 4 is 69.6 Å². The van der Waals surface area contributed by atoms with Gasteiger partial charge in [-0.15, -0.1) is 0 Å². The molecule has 0 spiro atoms. The van der Waals surface area contributed by atoms with E-state index >= 15 is 0 Å². The van der Waals surface area contributed by atoms with E-state index < -0.39 is 0 Å². The number of hydrogen-bond acceptors (Lipinski definition) is 2. The zero-order chi connectivity index (χ0) is 19.0. The molecule has 0 fully saturated rings. The summed E-state index contributed by atoms with van der Waals surface area (Å²) in [4.78, 5) is 4.63. The first-order chi connectivity index (χ1) is 12.3. The van der Waals surface area contributed by atoms with E-state index in [0.29, 0.717) is 48.4 Å². The zero-order valence-corrected chi connectivity index (χ0v) is 17.6. The average Bonchev–Trinajstić information content (AvgIpc) is 2.64. The van der Waals surface area contributed by atoms with Crippen LogP contribution in [-0.2, 0) is 0 Å². The summed E-state index contributed by atoms with van der Waals surface area (Å²) in [7, 11) is 1.55. The maximum absolute atomic E-state index is 6.34. The lowest BCUT2D eigenvalue weighted by atomic mass is 10.1. The molecule has 0 unspecified atom stereocenters. The second-order valence-electron chi connectivity index (χ2n) is 5.22. The number of benzene rings is 2. The van der Waals surface area contributed by atoms with Crippen LogP contribution in [0, 0.1) is 0 Å². The molecule has 0 bridgehead atoms. The molecule has 0 amide bonds. The predicted molar refractivity (Wildman–Crippen MR) is 112 cm³/mol. The number of methoxy groups -OCH3 is 1. The Morgan fingerprint density at radius 3 is 1.46 bits per heavy atom. The minimum absolute atomic E-state index is 0.254. The number of aromatic nitrogens is 1. The molecule has 0 saturated heterocycles. The highest BCUT2D eigenvalue weighted by molar-refractivity contribution is 6.49. The molecule has 1 heterocycles. The van der Waals surface area contributed by atoms with Crippen molar-refractivity contribution in [1.82, 2.24) is 4.98 Å². The van der Waals surface area contributed by atoms with E-state index in [1.165, 1.54) is 0 Å². The number of rotatable bonds is 3. The van der Waals surface area contributed by atoms with Crippen molar-refractivity contribution in [2.75, 3.05) is 7.11 Å². The van der Waals surface area contributed by atoms with Gasteiger partial charge in [0.2, 0.25) is 0 Å². The molecule has 0 atom stereocenters.